The minimum atomic E-state index is -1.16. The summed E-state index contributed by atoms with van der Waals surface area (Å²) in [5.74, 6) is -1.81. The van der Waals surface area contributed by atoms with Crippen LogP contribution in [0.5, 0.6) is 0 Å². The first-order valence-electron chi connectivity index (χ1n) is 5.89. The second kappa shape index (κ2) is 5.67. The molecule has 0 bridgehead atoms. The predicted octanol–water partition coefficient (Wildman–Crippen LogP) is 1.89. The van der Waals surface area contributed by atoms with Crippen LogP contribution >= 0.6 is 0 Å². The molecule has 0 saturated carbocycles. The number of rotatable bonds is 6. The number of aromatic carboxylic acids is 1. The first-order valence-corrected chi connectivity index (χ1v) is 5.89. The van der Waals surface area contributed by atoms with Gasteiger partial charge >= 0.3 is 11.9 Å². The van der Waals surface area contributed by atoms with Crippen LogP contribution in [-0.4, -0.2) is 35.9 Å². The Morgan fingerprint density at radius 3 is 2.63 bits per heavy atom. The van der Waals surface area contributed by atoms with Gasteiger partial charge in [0.2, 0.25) is 0 Å². The molecule has 1 aromatic carbocycles. The molecule has 2 atom stereocenters. The molecule has 100 valence electrons. The topological polar surface area (TPSA) is 76.1 Å². The van der Waals surface area contributed by atoms with Gasteiger partial charge < -0.3 is 14.6 Å². The molecule has 1 fully saturated rings. The van der Waals surface area contributed by atoms with Crippen molar-refractivity contribution >= 4 is 11.9 Å². The van der Waals surface area contributed by atoms with Gasteiger partial charge in [-0.25, -0.2) is 9.59 Å². The summed E-state index contributed by atoms with van der Waals surface area (Å²) < 4.78 is 10.4. The smallest absolute Gasteiger partial charge is 0.339 e. The van der Waals surface area contributed by atoms with Crippen molar-refractivity contribution in [3.05, 3.63) is 48.0 Å². The first kappa shape index (κ1) is 13.3. The zero-order chi connectivity index (χ0) is 13.8. The minimum Gasteiger partial charge on any atom is -0.478 e. The molecule has 19 heavy (non-hydrogen) atoms. The van der Waals surface area contributed by atoms with E-state index in [4.69, 9.17) is 14.6 Å². The minimum absolute atomic E-state index is 0.0460. The van der Waals surface area contributed by atoms with Crippen molar-refractivity contribution in [1.82, 2.24) is 0 Å². The van der Waals surface area contributed by atoms with E-state index in [-0.39, 0.29) is 17.2 Å². The van der Waals surface area contributed by atoms with Gasteiger partial charge in [-0.15, -0.1) is 6.58 Å². The van der Waals surface area contributed by atoms with Crippen LogP contribution in [0.3, 0.4) is 0 Å². The summed E-state index contributed by atoms with van der Waals surface area (Å²) in [6.45, 7) is 4.14. The average molecular weight is 262 g/mol. The SMILES string of the molecule is C=CCC(OC(=O)c1ccccc1C(=O)O)C1CO1. The molecular weight excluding hydrogens is 248 g/mol. The van der Waals surface area contributed by atoms with Crippen LogP contribution in [0.4, 0.5) is 0 Å². The number of hydrogen-bond acceptors (Lipinski definition) is 4. The summed E-state index contributed by atoms with van der Waals surface area (Å²) >= 11 is 0. The number of carbonyl (C=O) groups is 2. The number of esters is 1. The lowest BCUT2D eigenvalue weighted by atomic mass is 10.1. The van der Waals surface area contributed by atoms with Gasteiger partial charge in [0.05, 0.1) is 17.7 Å². The Hall–Kier alpha value is -2.14. The fourth-order valence-corrected chi connectivity index (χ4v) is 1.76. The molecule has 1 N–H and O–H groups in total. The van der Waals surface area contributed by atoms with Crippen molar-refractivity contribution in [3.63, 3.8) is 0 Å². The lowest BCUT2D eigenvalue weighted by Gasteiger charge is -2.14. The lowest BCUT2D eigenvalue weighted by Crippen LogP contribution is -2.24. The molecule has 0 spiro atoms. The molecule has 1 aromatic rings. The van der Waals surface area contributed by atoms with Crippen LogP contribution in [0, 0.1) is 0 Å². The van der Waals surface area contributed by atoms with Gasteiger partial charge in [0.1, 0.15) is 12.2 Å². The lowest BCUT2D eigenvalue weighted by molar-refractivity contribution is 0.0234. The van der Waals surface area contributed by atoms with E-state index in [0.29, 0.717) is 13.0 Å². The maximum absolute atomic E-state index is 12.0. The quantitative estimate of drug-likeness (QED) is 0.481. The third kappa shape index (κ3) is 3.20. The molecule has 0 radical (unpaired) electrons. The number of ether oxygens (including phenoxy) is 2. The Kier molecular flexibility index (Phi) is 3.97. The average Bonchev–Trinajstić information content (AvgIpc) is 3.22. The summed E-state index contributed by atoms with van der Waals surface area (Å²) in [6, 6.07) is 5.96. The summed E-state index contributed by atoms with van der Waals surface area (Å²) in [5.41, 5.74) is -0.0220. The van der Waals surface area contributed by atoms with Crippen LogP contribution in [0.25, 0.3) is 0 Å². The number of epoxide rings is 1. The maximum atomic E-state index is 12.0. The van der Waals surface area contributed by atoms with E-state index >= 15 is 0 Å². The Labute approximate surface area is 110 Å². The summed E-state index contributed by atoms with van der Waals surface area (Å²) in [4.78, 5) is 23.0. The largest absolute Gasteiger partial charge is 0.478 e. The Morgan fingerprint density at radius 1 is 1.47 bits per heavy atom. The molecule has 2 rings (SSSR count). The van der Waals surface area contributed by atoms with Crippen molar-refractivity contribution < 1.29 is 24.2 Å². The van der Waals surface area contributed by atoms with Gasteiger partial charge in [0, 0.05) is 6.42 Å². The van der Waals surface area contributed by atoms with Crippen molar-refractivity contribution in [2.75, 3.05) is 6.61 Å². The van der Waals surface area contributed by atoms with Crippen LogP contribution < -0.4 is 0 Å². The summed E-state index contributed by atoms with van der Waals surface area (Å²) in [5, 5.41) is 9.02. The number of hydrogen-bond donors (Lipinski definition) is 1. The Bertz CT molecular complexity index is 504. The van der Waals surface area contributed by atoms with Crippen LogP contribution in [0.1, 0.15) is 27.1 Å². The highest BCUT2D eigenvalue weighted by molar-refractivity contribution is 6.02. The van der Waals surface area contributed by atoms with Gasteiger partial charge in [-0.3, -0.25) is 0 Å². The highest BCUT2D eigenvalue weighted by atomic mass is 16.6. The Morgan fingerprint density at radius 2 is 2.11 bits per heavy atom. The van der Waals surface area contributed by atoms with E-state index in [1.807, 2.05) is 0 Å². The molecular formula is C14H14O5. The molecule has 1 saturated heterocycles. The Balaban J connectivity index is 2.14. The maximum Gasteiger partial charge on any atom is 0.339 e. The van der Waals surface area contributed by atoms with Gasteiger partial charge in [-0.2, -0.15) is 0 Å². The molecule has 1 aliphatic rings. The molecule has 2 unspecified atom stereocenters. The van der Waals surface area contributed by atoms with E-state index in [1.54, 1.807) is 18.2 Å². The molecule has 5 nitrogen and oxygen atoms in total. The number of carboxylic acids is 1. The van der Waals surface area contributed by atoms with E-state index in [9.17, 15) is 9.59 Å². The predicted molar refractivity (Wildman–Crippen MR) is 67.2 cm³/mol. The number of carbonyl (C=O) groups excluding carboxylic acids is 1. The van der Waals surface area contributed by atoms with Crippen molar-refractivity contribution in [3.8, 4) is 0 Å². The van der Waals surface area contributed by atoms with Crippen molar-refractivity contribution in [1.29, 1.82) is 0 Å². The van der Waals surface area contributed by atoms with Crippen LogP contribution in [0.15, 0.2) is 36.9 Å². The standard InChI is InChI=1S/C14H14O5/c1-2-5-11(12-8-18-12)19-14(17)10-7-4-3-6-9(10)13(15)16/h2-4,6-7,11-12H,1,5,8H2,(H,15,16). The molecule has 0 amide bonds. The van der Waals surface area contributed by atoms with Gasteiger partial charge in [0.25, 0.3) is 0 Å². The zero-order valence-corrected chi connectivity index (χ0v) is 10.2. The van der Waals surface area contributed by atoms with E-state index in [0.717, 1.165) is 0 Å². The second-order valence-electron chi connectivity index (χ2n) is 4.19. The van der Waals surface area contributed by atoms with Gasteiger partial charge in [0.15, 0.2) is 0 Å². The van der Waals surface area contributed by atoms with E-state index in [1.165, 1.54) is 12.1 Å². The third-order valence-corrected chi connectivity index (χ3v) is 2.81. The van der Waals surface area contributed by atoms with Gasteiger partial charge in [-0.05, 0) is 12.1 Å². The third-order valence-electron chi connectivity index (χ3n) is 2.81. The second-order valence-corrected chi connectivity index (χ2v) is 4.19. The number of carboxylic acid groups (broad SMARTS) is 1. The fraction of sp³-hybridized carbons (Fsp3) is 0.286. The van der Waals surface area contributed by atoms with E-state index < -0.39 is 18.0 Å². The van der Waals surface area contributed by atoms with E-state index in [2.05, 4.69) is 6.58 Å². The number of benzene rings is 1. The monoisotopic (exact) mass is 262 g/mol. The highest BCUT2D eigenvalue weighted by Crippen LogP contribution is 2.22. The van der Waals surface area contributed by atoms with Crippen molar-refractivity contribution in [2.24, 2.45) is 0 Å². The zero-order valence-electron chi connectivity index (χ0n) is 10.2. The molecule has 0 aliphatic carbocycles. The first-order chi connectivity index (χ1) is 9.13. The van der Waals surface area contributed by atoms with Crippen molar-refractivity contribution in [2.45, 2.75) is 18.6 Å². The van der Waals surface area contributed by atoms with Crippen LogP contribution in [0.2, 0.25) is 0 Å². The molecule has 5 heteroatoms. The molecule has 1 aliphatic heterocycles. The van der Waals surface area contributed by atoms with Gasteiger partial charge in [-0.1, -0.05) is 18.2 Å². The molecule has 0 aromatic heterocycles. The summed E-state index contributed by atoms with van der Waals surface area (Å²) in [7, 11) is 0. The summed E-state index contributed by atoms with van der Waals surface area (Å²) in [6.07, 6.45) is 1.60. The van der Waals surface area contributed by atoms with Crippen LogP contribution in [-0.2, 0) is 9.47 Å². The fourth-order valence-electron chi connectivity index (χ4n) is 1.76. The molecule has 1 heterocycles. The highest BCUT2D eigenvalue weighted by Gasteiger charge is 2.35. The normalized spacial score (nSPS) is 18.4.